The van der Waals surface area contributed by atoms with Crippen LogP contribution in [0.15, 0.2) is 18.6 Å². The van der Waals surface area contributed by atoms with E-state index >= 15 is 0 Å². The van der Waals surface area contributed by atoms with Crippen LogP contribution in [0.3, 0.4) is 0 Å². The van der Waals surface area contributed by atoms with Crippen molar-refractivity contribution in [2.24, 2.45) is 5.41 Å². The molecule has 4 fully saturated rings. The van der Waals surface area contributed by atoms with Gasteiger partial charge in [-0.15, -0.1) is 0 Å². The molecule has 154 valence electrons. The minimum Gasteiger partial charge on any atom is -0.442 e. The first-order valence-electron chi connectivity index (χ1n) is 9.75. The molecular formula is C19H24N6O3S. The Labute approximate surface area is 173 Å². The number of aromatic nitrogens is 3. The van der Waals surface area contributed by atoms with Gasteiger partial charge in [0.2, 0.25) is 16.9 Å². The third kappa shape index (κ3) is 3.34. The molecule has 0 atom stereocenters. The van der Waals surface area contributed by atoms with Gasteiger partial charge < -0.3 is 24.6 Å². The van der Waals surface area contributed by atoms with Crippen molar-refractivity contribution >= 4 is 28.3 Å². The average Bonchev–Trinajstić information content (AvgIpc) is 3.08. The van der Waals surface area contributed by atoms with E-state index in [2.05, 4.69) is 37.1 Å². The second kappa shape index (κ2) is 6.89. The summed E-state index contributed by atoms with van der Waals surface area (Å²) in [5.74, 6) is 1.29. The van der Waals surface area contributed by atoms with E-state index in [0.717, 1.165) is 51.4 Å². The van der Waals surface area contributed by atoms with Crippen LogP contribution >= 0.6 is 11.3 Å². The van der Waals surface area contributed by atoms with Crippen molar-refractivity contribution in [2.75, 3.05) is 50.6 Å². The molecule has 0 radical (unpaired) electrons. The first kappa shape index (κ1) is 18.7. The quantitative estimate of drug-likeness (QED) is 0.764. The molecular weight excluding hydrogens is 392 g/mol. The first-order valence-corrected chi connectivity index (χ1v) is 10.6. The van der Waals surface area contributed by atoms with Crippen molar-refractivity contribution in [2.45, 2.75) is 24.9 Å². The van der Waals surface area contributed by atoms with Crippen molar-refractivity contribution in [1.82, 2.24) is 19.9 Å². The zero-order valence-electron chi connectivity index (χ0n) is 16.6. The number of piperazine rings is 1. The largest absolute Gasteiger partial charge is 0.442 e. The molecule has 3 saturated carbocycles. The highest BCUT2D eigenvalue weighted by Crippen LogP contribution is 2.69. The molecule has 1 amide bonds. The predicted molar refractivity (Wildman–Crippen MR) is 109 cm³/mol. The van der Waals surface area contributed by atoms with E-state index in [1.165, 1.54) is 11.3 Å². The van der Waals surface area contributed by atoms with Gasteiger partial charge in [-0.05, 0) is 26.3 Å². The Bertz CT molecular complexity index is 889. The standard InChI is InChI=1S/C19H24N6O3S/c1-24-3-5-25(6-4-24)16-20-7-13(8-21-16)28-14-9-22-17(29-14)23-15(26)18-10-19(11-18,12-18)27-2/h7-9H,3-6,10-12H2,1-2H3,(H,22,23,26). The lowest BCUT2D eigenvalue weighted by molar-refractivity contribution is -0.260. The minimum atomic E-state index is -0.268. The summed E-state index contributed by atoms with van der Waals surface area (Å²) in [6.45, 7) is 3.85. The maximum Gasteiger partial charge on any atom is 0.232 e. The molecule has 1 aliphatic heterocycles. The van der Waals surface area contributed by atoms with Gasteiger partial charge in [-0.2, -0.15) is 0 Å². The Morgan fingerprint density at radius 1 is 1.10 bits per heavy atom. The van der Waals surface area contributed by atoms with Gasteiger partial charge in [-0.1, -0.05) is 11.3 Å². The molecule has 2 aromatic rings. The van der Waals surface area contributed by atoms with Crippen LogP contribution in [0.25, 0.3) is 0 Å². The second-order valence-electron chi connectivity index (χ2n) is 8.25. The smallest absolute Gasteiger partial charge is 0.232 e. The van der Waals surface area contributed by atoms with Crippen LogP contribution in [0.4, 0.5) is 11.1 Å². The number of thiazole rings is 1. The maximum atomic E-state index is 12.5. The molecule has 0 aromatic carbocycles. The van der Waals surface area contributed by atoms with Gasteiger partial charge in [0.15, 0.2) is 10.9 Å². The van der Waals surface area contributed by atoms with E-state index in [1.54, 1.807) is 25.7 Å². The third-order valence-corrected chi connectivity index (χ3v) is 7.01. The molecule has 1 saturated heterocycles. The lowest BCUT2D eigenvalue weighted by atomic mass is 9.41. The fourth-order valence-corrected chi connectivity index (χ4v) is 5.08. The Hall–Kier alpha value is -2.30. The van der Waals surface area contributed by atoms with E-state index in [1.807, 2.05) is 0 Å². The topological polar surface area (TPSA) is 92.7 Å². The molecule has 1 N–H and O–H groups in total. The van der Waals surface area contributed by atoms with Gasteiger partial charge in [-0.25, -0.2) is 15.0 Å². The summed E-state index contributed by atoms with van der Waals surface area (Å²) in [4.78, 5) is 30.1. The summed E-state index contributed by atoms with van der Waals surface area (Å²) in [7, 11) is 3.83. The van der Waals surface area contributed by atoms with Gasteiger partial charge in [0.25, 0.3) is 0 Å². The number of ether oxygens (including phenoxy) is 2. The number of anilines is 2. The molecule has 4 aliphatic rings. The molecule has 0 spiro atoms. The monoisotopic (exact) mass is 416 g/mol. The SMILES string of the molecule is COC12CC(C(=O)Nc3ncc(Oc4cnc(N5CCN(C)CC5)nc4)s3)(C1)C2. The lowest BCUT2D eigenvalue weighted by Crippen LogP contribution is -2.72. The van der Waals surface area contributed by atoms with Crippen LogP contribution in [0.5, 0.6) is 10.8 Å². The number of amides is 1. The zero-order valence-corrected chi connectivity index (χ0v) is 17.4. The molecule has 10 heteroatoms. The van der Waals surface area contributed by atoms with Crippen molar-refractivity contribution in [1.29, 1.82) is 0 Å². The summed E-state index contributed by atoms with van der Waals surface area (Å²) in [5, 5.41) is 4.04. The van der Waals surface area contributed by atoms with Crippen LogP contribution in [-0.4, -0.2) is 71.7 Å². The average molecular weight is 417 g/mol. The van der Waals surface area contributed by atoms with Crippen LogP contribution in [0.1, 0.15) is 19.3 Å². The Balaban J connectivity index is 1.16. The number of hydrogen-bond donors (Lipinski definition) is 1. The molecule has 2 aromatic heterocycles. The Morgan fingerprint density at radius 3 is 2.45 bits per heavy atom. The molecule has 3 heterocycles. The molecule has 6 rings (SSSR count). The fraction of sp³-hybridized carbons (Fsp3) is 0.579. The van der Waals surface area contributed by atoms with E-state index in [0.29, 0.717) is 15.9 Å². The van der Waals surface area contributed by atoms with Crippen LogP contribution < -0.4 is 15.0 Å². The number of carbonyl (C=O) groups is 1. The Morgan fingerprint density at radius 2 is 1.79 bits per heavy atom. The maximum absolute atomic E-state index is 12.5. The minimum absolute atomic E-state index is 0.0252. The van der Waals surface area contributed by atoms with Crippen LogP contribution in [-0.2, 0) is 9.53 Å². The van der Waals surface area contributed by atoms with Gasteiger partial charge in [-0.3, -0.25) is 4.79 Å². The van der Waals surface area contributed by atoms with E-state index in [4.69, 9.17) is 9.47 Å². The van der Waals surface area contributed by atoms with E-state index in [-0.39, 0.29) is 16.9 Å². The van der Waals surface area contributed by atoms with Gasteiger partial charge in [0.05, 0.1) is 29.6 Å². The number of rotatable bonds is 6. The van der Waals surface area contributed by atoms with Crippen molar-refractivity contribution in [3.05, 3.63) is 18.6 Å². The van der Waals surface area contributed by atoms with Crippen LogP contribution in [0.2, 0.25) is 0 Å². The summed E-state index contributed by atoms with van der Waals surface area (Å²) in [6.07, 6.45) is 7.35. The molecule has 9 nitrogen and oxygen atoms in total. The van der Waals surface area contributed by atoms with Crippen molar-refractivity contribution in [3.63, 3.8) is 0 Å². The van der Waals surface area contributed by atoms with Crippen molar-refractivity contribution < 1.29 is 14.3 Å². The second-order valence-corrected chi connectivity index (χ2v) is 9.24. The third-order valence-electron chi connectivity index (χ3n) is 6.22. The normalized spacial score (nSPS) is 28.4. The number of nitrogens with one attached hydrogen (secondary N) is 1. The zero-order chi connectivity index (χ0) is 20.1. The lowest BCUT2D eigenvalue weighted by Gasteiger charge is -2.67. The number of nitrogens with zero attached hydrogens (tertiary/aromatic N) is 5. The summed E-state index contributed by atoms with van der Waals surface area (Å²) in [6, 6.07) is 0. The molecule has 0 unspecified atom stereocenters. The summed E-state index contributed by atoms with van der Waals surface area (Å²) >= 11 is 1.29. The fourth-order valence-electron chi connectivity index (χ4n) is 4.39. The molecule has 29 heavy (non-hydrogen) atoms. The van der Waals surface area contributed by atoms with E-state index < -0.39 is 0 Å². The molecule has 3 aliphatic carbocycles. The predicted octanol–water partition coefficient (Wildman–Crippen LogP) is 1.98. The van der Waals surface area contributed by atoms with Gasteiger partial charge in [0, 0.05) is 33.3 Å². The highest BCUT2D eigenvalue weighted by atomic mass is 32.1. The van der Waals surface area contributed by atoms with Crippen LogP contribution in [0, 0.1) is 5.41 Å². The molecule has 2 bridgehead atoms. The number of likely N-dealkylation sites (N-methyl/N-ethyl adjacent to an activating group) is 1. The van der Waals surface area contributed by atoms with Crippen molar-refractivity contribution in [3.8, 4) is 10.8 Å². The number of carbonyl (C=O) groups excluding carboxylic acids is 1. The highest BCUT2D eigenvalue weighted by Gasteiger charge is 2.72. The first-order chi connectivity index (χ1) is 14.0. The number of hydrogen-bond acceptors (Lipinski definition) is 9. The number of methoxy groups -OCH3 is 1. The Kier molecular flexibility index (Phi) is 4.45. The highest BCUT2D eigenvalue weighted by molar-refractivity contribution is 7.17. The van der Waals surface area contributed by atoms with Gasteiger partial charge in [0.1, 0.15) is 0 Å². The van der Waals surface area contributed by atoms with Gasteiger partial charge >= 0.3 is 0 Å². The summed E-state index contributed by atoms with van der Waals surface area (Å²) in [5.41, 5.74) is -0.319. The summed E-state index contributed by atoms with van der Waals surface area (Å²) < 4.78 is 11.3. The van der Waals surface area contributed by atoms with E-state index in [9.17, 15) is 4.79 Å².